The van der Waals surface area contributed by atoms with Gasteiger partial charge in [-0.1, -0.05) is 12.1 Å². The quantitative estimate of drug-likeness (QED) is 0.394. The molecular weight excluding hydrogens is 234 g/mol. The standard InChI is InChI=1S/C12H17N3O3/c1-12(2,11(17)15-14)7-18-9-6-4-3-5-8(9)10(13)16/h3-6H,7,14H2,1-2H3,(H2,13,16)(H,15,17). The zero-order valence-corrected chi connectivity index (χ0v) is 10.4. The van der Waals surface area contributed by atoms with Gasteiger partial charge in [0.05, 0.1) is 11.0 Å². The minimum Gasteiger partial charge on any atom is -0.492 e. The SMILES string of the molecule is CC(C)(COc1ccccc1C(N)=O)C(=O)NN. The van der Waals surface area contributed by atoms with Crippen LogP contribution in [0, 0.1) is 5.41 Å². The van der Waals surface area contributed by atoms with Crippen LogP contribution in [0.15, 0.2) is 24.3 Å². The number of rotatable bonds is 5. The fourth-order valence-electron chi connectivity index (χ4n) is 1.32. The van der Waals surface area contributed by atoms with Crippen LogP contribution in [0.25, 0.3) is 0 Å². The Morgan fingerprint density at radius 3 is 2.50 bits per heavy atom. The molecule has 1 aromatic rings. The molecule has 1 aromatic carbocycles. The third-order valence-electron chi connectivity index (χ3n) is 2.49. The first kappa shape index (κ1) is 14.0. The lowest BCUT2D eigenvalue weighted by molar-refractivity contribution is -0.130. The van der Waals surface area contributed by atoms with E-state index < -0.39 is 11.3 Å². The zero-order chi connectivity index (χ0) is 13.8. The second-order valence-electron chi connectivity index (χ2n) is 4.51. The highest BCUT2D eigenvalue weighted by Crippen LogP contribution is 2.21. The first-order valence-corrected chi connectivity index (χ1v) is 5.41. The predicted octanol–water partition coefficient (Wildman–Crippen LogP) is 0.180. The number of primary amides is 1. The van der Waals surface area contributed by atoms with Gasteiger partial charge < -0.3 is 10.5 Å². The molecule has 0 bridgehead atoms. The summed E-state index contributed by atoms with van der Waals surface area (Å²) in [6.45, 7) is 3.45. The Morgan fingerprint density at radius 1 is 1.33 bits per heavy atom. The van der Waals surface area contributed by atoms with Crippen molar-refractivity contribution in [2.24, 2.45) is 17.0 Å². The molecule has 18 heavy (non-hydrogen) atoms. The van der Waals surface area contributed by atoms with E-state index in [0.29, 0.717) is 5.75 Å². The maximum absolute atomic E-state index is 11.5. The van der Waals surface area contributed by atoms with E-state index in [9.17, 15) is 9.59 Å². The Morgan fingerprint density at radius 2 is 1.94 bits per heavy atom. The monoisotopic (exact) mass is 251 g/mol. The van der Waals surface area contributed by atoms with Crippen molar-refractivity contribution < 1.29 is 14.3 Å². The molecule has 5 N–H and O–H groups in total. The summed E-state index contributed by atoms with van der Waals surface area (Å²) in [7, 11) is 0. The maximum atomic E-state index is 11.5. The van der Waals surface area contributed by atoms with Gasteiger partial charge in [0.15, 0.2) is 0 Å². The van der Waals surface area contributed by atoms with Crippen LogP contribution in [0.2, 0.25) is 0 Å². The van der Waals surface area contributed by atoms with Crippen molar-refractivity contribution in [3.63, 3.8) is 0 Å². The molecule has 0 spiro atoms. The van der Waals surface area contributed by atoms with Crippen molar-refractivity contribution in [1.82, 2.24) is 5.43 Å². The van der Waals surface area contributed by atoms with E-state index in [1.807, 2.05) is 0 Å². The largest absolute Gasteiger partial charge is 0.492 e. The molecule has 0 heterocycles. The molecule has 0 aliphatic rings. The van der Waals surface area contributed by atoms with Crippen molar-refractivity contribution in [3.8, 4) is 5.75 Å². The fraction of sp³-hybridized carbons (Fsp3) is 0.333. The van der Waals surface area contributed by atoms with Gasteiger partial charge in [0.1, 0.15) is 12.4 Å². The molecule has 0 aliphatic carbocycles. The number of para-hydroxylation sites is 1. The molecule has 0 aromatic heterocycles. The second kappa shape index (κ2) is 5.50. The number of benzene rings is 1. The van der Waals surface area contributed by atoms with Crippen LogP contribution in [0.5, 0.6) is 5.75 Å². The van der Waals surface area contributed by atoms with Crippen LogP contribution in [0.3, 0.4) is 0 Å². The number of carbonyl (C=O) groups is 2. The molecule has 0 atom stereocenters. The van der Waals surface area contributed by atoms with Crippen molar-refractivity contribution in [2.75, 3.05) is 6.61 Å². The van der Waals surface area contributed by atoms with E-state index in [1.54, 1.807) is 38.1 Å². The highest BCUT2D eigenvalue weighted by atomic mass is 16.5. The van der Waals surface area contributed by atoms with Gasteiger partial charge in [-0.15, -0.1) is 0 Å². The van der Waals surface area contributed by atoms with Gasteiger partial charge in [-0.25, -0.2) is 5.84 Å². The van der Waals surface area contributed by atoms with E-state index in [-0.39, 0.29) is 18.1 Å². The second-order valence-corrected chi connectivity index (χ2v) is 4.51. The van der Waals surface area contributed by atoms with Crippen LogP contribution < -0.4 is 21.7 Å². The third kappa shape index (κ3) is 3.21. The summed E-state index contributed by atoms with van der Waals surface area (Å²) in [6.07, 6.45) is 0. The lowest BCUT2D eigenvalue weighted by atomic mass is 9.94. The van der Waals surface area contributed by atoms with E-state index in [2.05, 4.69) is 5.43 Å². The molecule has 98 valence electrons. The molecule has 0 unspecified atom stereocenters. The van der Waals surface area contributed by atoms with Gasteiger partial charge in [-0.05, 0) is 26.0 Å². The van der Waals surface area contributed by atoms with Crippen molar-refractivity contribution >= 4 is 11.8 Å². The Kier molecular flexibility index (Phi) is 4.28. The number of hydrazine groups is 1. The summed E-state index contributed by atoms with van der Waals surface area (Å²) >= 11 is 0. The lowest BCUT2D eigenvalue weighted by Crippen LogP contribution is -2.44. The summed E-state index contributed by atoms with van der Waals surface area (Å²) in [5, 5.41) is 0. The molecule has 0 fully saturated rings. The average molecular weight is 251 g/mol. The normalized spacial score (nSPS) is 10.8. The number of hydrogen-bond acceptors (Lipinski definition) is 4. The minimum absolute atomic E-state index is 0.0837. The topological polar surface area (TPSA) is 107 Å². The predicted molar refractivity (Wildman–Crippen MR) is 66.6 cm³/mol. The van der Waals surface area contributed by atoms with Crippen molar-refractivity contribution in [1.29, 1.82) is 0 Å². The van der Waals surface area contributed by atoms with Gasteiger partial charge in [0, 0.05) is 0 Å². The first-order chi connectivity index (χ1) is 8.38. The minimum atomic E-state index is -0.806. The Bertz CT molecular complexity index is 458. The Labute approximate surface area is 105 Å². The van der Waals surface area contributed by atoms with Gasteiger partial charge >= 0.3 is 0 Å². The number of nitrogens with one attached hydrogen (secondary N) is 1. The van der Waals surface area contributed by atoms with Crippen LogP contribution in [-0.4, -0.2) is 18.4 Å². The summed E-state index contributed by atoms with van der Waals surface area (Å²) < 4.78 is 5.47. The third-order valence-corrected chi connectivity index (χ3v) is 2.49. The smallest absolute Gasteiger partial charge is 0.252 e. The summed E-state index contributed by atoms with van der Waals surface area (Å²) in [4.78, 5) is 22.6. The van der Waals surface area contributed by atoms with E-state index in [1.165, 1.54) is 0 Å². The Hall–Kier alpha value is -2.08. The molecule has 0 aliphatic heterocycles. The van der Waals surface area contributed by atoms with Crippen LogP contribution in [-0.2, 0) is 4.79 Å². The molecule has 6 heteroatoms. The molecule has 6 nitrogen and oxygen atoms in total. The lowest BCUT2D eigenvalue weighted by Gasteiger charge is -2.22. The van der Waals surface area contributed by atoms with E-state index in [4.69, 9.17) is 16.3 Å². The summed E-state index contributed by atoms with van der Waals surface area (Å²) in [6, 6.07) is 6.59. The van der Waals surface area contributed by atoms with Gasteiger partial charge in [0.25, 0.3) is 5.91 Å². The maximum Gasteiger partial charge on any atom is 0.252 e. The van der Waals surface area contributed by atoms with Crippen LogP contribution in [0.1, 0.15) is 24.2 Å². The summed E-state index contributed by atoms with van der Waals surface area (Å²) in [5.41, 5.74) is 6.76. The average Bonchev–Trinajstić information content (AvgIpc) is 2.35. The number of ether oxygens (including phenoxy) is 1. The zero-order valence-electron chi connectivity index (χ0n) is 10.4. The van der Waals surface area contributed by atoms with Crippen LogP contribution in [0.4, 0.5) is 0 Å². The van der Waals surface area contributed by atoms with E-state index >= 15 is 0 Å². The number of nitrogens with two attached hydrogens (primary N) is 2. The van der Waals surface area contributed by atoms with Gasteiger partial charge in [0.2, 0.25) is 5.91 Å². The van der Waals surface area contributed by atoms with Gasteiger partial charge in [-0.2, -0.15) is 0 Å². The molecule has 0 radical (unpaired) electrons. The molecule has 2 amide bonds. The summed E-state index contributed by atoms with van der Waals surface area (Å²) in [5.74, 6) is 4.50. The molecular formula is C12H17N3O3. The highest BCUT2D eigenvalue weighted by Gasteiger charge is 2.28. The van der Waals surface area contributed by atoms with Crippen LogP contribution >= 0.6 is 0 Å². The van der Waals surface area contributed by atoms with Crippen molar-refractivity contribution in [2.45, 2.75) is 13.8 Å². The van der Waals surface area contributed by atoms with Crippen molar-refractivity contribution in [3.05, 3.63) is 29.8 Å². The molecule has 1 rings (SSSR count). The number of hydrogen-bond donors (Lipinski definition) is 3. The molecule has 0 saturated heterocycles. The number of carbonyl (C=O) groups excluding carboxylic acids is 2. The first-order valence-electron chi connectivity index (χ1n) is 5.41. The van der Waals surface area contributed by atoms with E-state index in [0.717, 1.165) is 0 Å². The number of amides is 2. The Balaban J connectivity index is 2.81. The molecule has 0 saturated carbocycles. The fourth-order valence-corrected chi connectivity index (χ4v) is 1.32. The highest BCUT2D eigenvalue weighted by molar-refractivity contribution is 5.95. The van der Waals surface area contributed by atoms with Gasteiger partial charge in [-0.3, -0.25) is 15.0 Å².